The van der Waals surface area contributed by atoms with E-state index in [1.54, 1.807) is 27.7 Å². The van der Waals surface area contributed by atoms with Gasteiger partial charge in [0, 0.05) is 15.7 Å². The SMILES string of the molecule is Cc1ccc(-n2c(SCc3ccccc3Cl)nc3sc4c(c3c2=O)CCC(C)C4)cc1. The Morgan fingerprint density at radius 3 is 2.74 bits per heavy atom. The van der Waals surface area contributed by atoms with Crippen LogP contribution in [0.5, 0.6) is 0 Å². The van der Waals surface area contributed by atoms with Gasteiger partial charge in [-0.25, -0.2) is 4.98 Å². The van der Waals surface area contributed by atoms with Crippen molar-refractivity contribution in [3.05, 3.63) is 85.5 Å². The van der Waals surface area contributed by atoms with Crippen LogP contribution in [0, 0.1) is 12.8 Å². The maximum absolute atomic E-state index is 13.8. The van der Waals surface area contributed by atoms with Crippen molar-refractivity contribution in [3.63, 3.8) is 0 Å². The molecular weight excluding hydrogens is 444 g/mol. The number of halogens is 1. The first-order valence-corrected chi connectivity index (χ1v) is 12.7. The second-order valence-electron chi connectivity index (χ2n) is 8.28. The van der Waals surface area contributed by atoms with E-state index >= 15 is 0 Å². The van der Waals surface area contributed by atoms with Crippen LogP contribution in [-0.4, -0.2) is 9.55 Å². The quantitative estimate of drug-likeness (QED) is 0.244. The number of aromatic nitrogens is 2. The molecule has 0 saturated heterocycles. The van der Waals surface area contributed by atoms with Crippen molar-refractivity contribution in [2.45, 2.75) is 44.0 Å². The van der Waals surface area contributed by atoms with Crippen molar-refractivity contribution < 1.29 is 0 Å². The summed E-state index contributed by atoms with van der Waals surface area (Å²) >= 11 is 9.64. The molecule has 0 spiro atoms. The van der Waals surface area contributed by atoms with Crippen LogP contribution in [0.2, 0.25) is 5.02 Å². The van der Waals surface area contributed by atoms with Gasteiger partial charge in [-0.1, -0.05) is 66.2 Å². The molecule has 1 unspecified atom stereocenters. The Labute approximate surface area is 195 Å². The van der Waals surface area contributed by atoms with E-state index in [0.717, 1.165) is 51.3 Å². The van der Waals surface area contributed by atoms with Crippen LogP contribution in [0.15, 0.2) is 58.5 Å². The van der Waals surface area contributed by atoms with Gasteiger partial charge in [0.2, 0.25) is 0 Å². The van der Waals surface area contributed by atoms with E-state index in [0.29, 0.717) is 16.8 Å². The van der Waals surface area contributed by atoms with E-state index in [4.69, 9.17) is 16.6 Å². The minimum absolute atomic E-state index is 0.0440. The van der Waals surface area contributed by atoms with Gasteiger partial charge in [-0.2, -0.15) is 0 Å². The monoisotopic (exact) mass is 466 g/mol. The number of nitrogens with zero attached hydrogens (tertiary/aromatic N) is 2. The average molecular weight is 467 g/mol. The largest absolute Gasteiger partial charge is 0.268 e. The second kappa shape index (κ2) is 8.45. The van der Waals surface area contributed by atoms with E-state index in [-0.39, 0.29) is 5.56 Å². The van der Waals surface area contributed by atoms with Crippen molar-refractivity contribution >= 4 is 44.9 Å². The molecule has 1 aliphatic carbocycles. The normalized spacial score (nSPS) is 15.9. The third-order valence-corrected chi connectivity index (χ3v) is 8.41. The van der Waals surface area contributed by atoms with Gasteiger partial charge in [0.1, 0.15) is 4.83 Å². The van der Waals surface area contributed by atoms with Crippen LogP contribution in [0.25, 0.3) is 15.9 Å². The summed E-state index contributed by atoms with van der Waals surface area (Å²) in [7, 11) is 0. The lowest BCUT2D eigenvalue weighted by molar-refractivity contribution is 0.509. The van der Waals surface area contributed by atoms with E-state index in [1.165, 1.54) is 10.4 Å². The first-order chi connectivity index (χ1) is 15.0. The molecule has 5 rings (SSSR count). The molecule has 0 radical (unpaired) electrons. The zero-order chi connectivity index (χ0) is 21.5. The fourth-order valence-corrected chi connectivity index (χ4v) is 6.87. The molecule has 0 amide bonds. The highest BCUT2D eigenvalue weighted by Crippen LogP contribution is 2.37. The van der Waals surface area contributed by atoms with Gasteiger partial charge in [0.15, 0.2) is 5.16 Å². The van der Waals surface area contributed by atoms with Gasteiger partial charge in [-0.05, 0) is 61.4 Å². The fourth-order valence-electron chi connectivity index (χ4n) is 4.15. The lowest BCUT2D eigenvalue weighted by Gasteiger charge is -2.18. The third-order valence-electron chi connectivity index (χ3n) is 5.91. The molecule has 3 nitrogen and oxygen atoms in total. The van der Waals surface area contributed by atoms with Gasteiger partial charge in [0.05, 0.1) is 11.1 Å². The maximum atomic E-state index is 13.8. The molecule has 158 valence electrons. The smallest absolute Gasteiger partial charge is 0.267 e. The van der Waals surface area contributed by atoms with Crippen LogP contribution in [-0.2, 0) is 18.6 Å². The highest BCUT2D eigenvalue weighted by atomic mass is 35.5. The van der Waals surface area contributed by atoms with Crippen molar-refractivity contribution in [1.29, 1.82) is 0 Å². The maximum Gasteiger partial charge on any atom is 0.267 e. The van der Waals surface area contributed by atoms with E-state index < -0.39 is 0 Å². The minimum atomic E-state index is 0.0440. The van der Waals surface area contributed by atoms with Crippen molar-refractivity contribution in [3.8, 4) is 5.69 Å². The molecule has 2 aromatic heterocycles. The van der Waals surface area contributed by atoms with Crippen molar-refractivity contribution in [2.75, 3.05) is 0 Å². The molecule has 0 N–H and O–H groups in total. The van der Waals surface area contributed by atoms with Gasteiger partial charge in [0.25, 0.3) is 5.56 Å². The summed E-state index contributed by atoms with van der Waals surface area (Å²) in [5, 5.41) is 2.27. The van der Waals surface area contributed by atoms with Gasteiger partial charge < -0.3 is 0 Å². The number of hydrogen-bond acceptors (Lipinski definition) is 4. The molecule has 4 aromatic rings. The molecule has 0 aliphatic heterocycles. The van der Waals surface area contributed by atoms with E-state index in [9.17, 15) is 4.79 Å². The van der Waals surface area contributed by atoms with Gasteiger partial charge in [-0.15, -0.1) is 11.3 Å². The Kier molecular flexibility index (Phi) is 5.67. The van der Waals surface area contributed by atoms with Crippen LogP contribution < -0.4 is 5.56 Å². The van der Waals surface area contributed by atoms with Crippen LogP contribution >= 0.6 is 34.7 Å². The summed E-state index contributed by atoms with van der Waals surface area (Å²) in [6.07, 6.45) is 3.14. The average Bonchev–Trinajstić information content (AvgIpc) is 3.11. The molecule has 1 aliphatic rings. The van der Waals surface area contributed by atoms with Crippen LogP contribution in [0.3, 0.4) is 0 Å². The summed E-state index contributed by atoms with van der Waals surface area (Å²) in [6, 6.07) is 15.9. The summed E-state index contributed by atoms with van der Waals surface area (Å²) < 4.78 is 1.79. The molecule has 31 heavy (non-hydrogen) atoms. The Hall–Kier alpha value is -2.08. The molecule has 2 heterocycles. The number of thioether (sulfide) groups is 1. The van der Waals surface area contributed by atoms with Crippen molar-refractivity contribution in [2.24, 2.45) is 5.92 Å². The lowest BCUT2D eigenvalue weighted by atomic mass is 9.89. The number of aryl methyl sites for hydroxylation is 2. The minimum Gasteiger partial charge on any atom is -0.268 e. The molecule has 1 atom stereocenters. The molecule has 0 fully saturated rings. The number of hydrogen-bond donors (Lipinski definition) is 0. The highest BCUT2D eigenvalue weighted by Gasteiger charge is 2.25. The summed E-state index contributed by atoms with van der Waals surface area (Å²) in [6.45, 7) is 4.34. The Balaban J connectivity index is 1.67. The fraction of sp³-hybridized carbons (Fsp3) is 0.280. The van der Waals surface area contributed by atoms with Crippen LogP contribution in [0.1, 0.15) is 34.9 Å². The summed E-state index contributed by atoms with van der Waals surface area (Å²) in [4.78, 5) is 21.0. The predicted molar refractivity (Wildman–Crippen MR) is 132 cm³/mol. The van der Waals surface area contributed by atoms with Gasteiger partial charge in [-0.3, -0.25) is 9.36 Å². The zero-order valence-electron chi connectivity index (χ0n) is 17.5. The first kappa shape index (κ1) is 20.8. The number of rotatable bonds is 4. The highest BCUT2D eigenvalue weighted by molar-refractivity contribution is 7.98. The predicted octanol–water partition coefficient (Wildman–Crippen LogP) is 6.83. The summed E-state index contributed by atoms with van der Waals surface area (Å²) in [5.41, 5.74) is 4.33. The Bertz CT molecular complexity index is 1320. The van der Waals surface area contributed by atoms with Gasteiger partial charge >= 0.3 is 0 Å². The third kappa shape index (κ3) is 3.95. The number of benzene rings is 2. The van der Waals surface area contributed by atoms with Crippen molar-refractivity contribution in [1.82, 2.24) is 9.55 Å². The van der Waals surface area contributed by atoms with E-state index in [2.05, 4.69) is 13.8 Å². The molecule has 6 heteroatoms. The van der Waals surface area contributed by atoms with E-state index in [1.807, 2.05) is 48.5 Å². The topological polar surface area (TPSA) is 34.9 Å². The molecular formula is C25H23ClN2OS2. The molecule has 2 aromatic carbocycles. The summed E-state index contributed by atoms with van der Waals surface area (Å²) in [5.74, 6) is 1.32. The van der Waals surface area contributed by atoms with Crippen LogP contribution in [0.4, 0.5) is 0 Å². The first-order valence-electron chi connectivity index (χ1n) is 10.5. The standard InChI is InChI=1S/C25H23ClN2OS2/c1-15-7-10-18(11-8-15)28-24(29)22-19-12-9-16(2)13-21(19)31-23(22)27-25(28)30-14-17-5-3-4-6-20(17)26/h3-8,10-11,16H,9,12-14H2,1-2H3. The molecule has 0 saturated carbocycles. The zero-order valence-corrected chi connectivity index (χ0v) is 19.9. The Morgan fingerprint density at radius 2 is 1.97 bits per heavy atom. The number of fused-ring (bicyclic) bond motifs is 3. The lowest BCUT2D eigenvalue weighted by Crippen LogP contribution is -2.22. The number of thiophene rings is 1. The Morgan fingerprint density at radius 1 is 1.19 bits per heavy atom. The molecule has 0 bridgehead atoms. The second-order valence-corrected chi connectivity index (χ2v) is 10.7.